The first-order valence-electron chi connectivity index (χ1n) is 7.15. The molecule has 6 nitrogen and oxygen atoms in total. The van der Waals surface area contributed by atoms with Crippen molar-refractivity contribution in [1.29, 1.82) is 0 Å². The fourth-order valence-electron chi connectivity index (χ4n) is 2.53. The van der Waals surface area contributed by atoms with Crippen LogP contribution in [-0.2, 0) is 4.74 Å². The number of aromatic amines is 1. The van der Waals surface area contributed by atoms with E-state index in [1.807, 2.05) is 13.8 Å². The van der Waals surface area contributed by atoms with Crippen molar-refractivity contribution in [1.82, 2.24) is 14.9 Å². The van der Waals surface area contributed by atoms with Crippen LogP contribution in [0.2, 0.25) is 0 Å². The molecule has 1 aliphatic heterocycles. The van der Waals surface area contributed by atoms with E-state index in [0.29, 0.717) is 29.9 Å². The van der Waals surface area contributed by atoms with E-state index in [1.165, 1.54) is 0 Å². The average molecular weight is 280 g/mol. The SMILES string of the molecule is CC(C)c1c(N)nc(C2CN(C(C)C)CCO2)[nH]c1=O. The summed E-state index contributed by atoms with van der Waals surface area (Å²) in [4.78, 5) is 21.6. The summed E-state index contributed by atoms with van der Waals surface area (Å²) < 4.78 is 5.72. The van der Waals surface area contributed by atoms with Crippen LogP contribution in [0.1, 0.15) is 51.1 Å². The maximum absolute atomic E-state index is 12.1. The van der Waals surface area contributed by atoms with Gasteiger partial charge in [-0.05, 0) is 19.8 Å². The molecular formula is C14H24N4O2. The van der Waals surface area contributed by atoms with Gasteiger partial charge in [0.15, 0.2) is 0 Å². The molecule has 2 rings (SSSR count). The van der Waals surface area contributed by atoms with Gasteiger partial charge in [0.2, 0.25) is 0 Å². The molecule has 1 atom stereocenters. The van der Waals surface area contributed by atoms with Gasteiger partial charge in [-0.25, -0.2) is 4.98 Å². The van der Waals surface area contributed by atoms with Gasteiger partial charge in [-0.3, -0.25) is 9.69 Å². The number of rotatable bonds is 3. The number of anilines is 1. The van der Waals surface area contributed by atoms with Gasteiger partial charge in [0.1, 0.15) is 17.7 Å². The number of nitrogens with one attached hydrogen (secondary N) is 1. The molecule has 6 heteroatoms. The number of nitrogens with zero attached hydrogens (tertiary/aromatic N) is 2. The third kappa shape index (κ3) is 3.02. The molecule has 0 aliphatic carbocycles. The van der Waals surface area contributed by atoms with Crippen LogP contribution in [0, 0.1) is 0 Å². The number of nitrogens with two attached hydrogens (primary N) is 1. The largest absolute Gasteiger partial charge is 0.383 e. The number of nitrogen functional groups attached to an aromatic ring is 1. The zero-order chi connectivity index (χ0) is 14.9. The highest BCUT2D eigenvalue weighted by Gasteiger charge is 2.26. The van der Waals surface area contributed by atoms with Crippen molar-refractivity contribution >= 4 is 5.82 Å². The van der Waals surface area contributed by atoms with Crippen LogP contribution in [0.25, 0.3) is 0 Å². The molecule has 0 aromatic carbocycles. The van der Waals surface area contributed by atoms with Crippen LogP contribution >= 0.6 is 0 Å². The molecule has 1 saturated heterocycles. The zero-order valence-electron chi connectivity index (χ0n) is 12.6. The molecule has 0 saturated carbocycles. The van der Waals surface area contributed by atoms with Gasteiger partial charge in [-0.15, -0.1) is 0 Å². The van der Waals surface area contributed by atoms with Crippen LogP contribution < -0.4 is 11.3 Å². The Hall–Kier alpha value is -1.40. The Labute approximate surface area is 119 Å². The molecule has 0 bridgehead atoms. The molecule has 0 radical (unpaired) electrons. The van der Waals surface area contributed by atoms with Crippen molar-refractivity contribution in [2.24, 2.45) is 0 Å². The lowest BCUT2D eigenvalue weighted by molar-refractivity contribution is -0.0443. The molecule has 0 spiro atoms. The highest BCUT2D eigenvalue weighted by Crippen LogP contribution is 2.22. The number of ether oxygens (including phenoxy) is 1. The quantitative estimate of drug-likeness (QED) is 0.870. The summed E-state index contributed by atoms with van der Waals surface area (Å²) in [5.41, 5.74) is 6.31. The van der Waals surface area contributed by atoms with E-state index in [4.69, 9.17) is 10.5 Å². The van der Waals surface area contributed by atoms with E-state index in [-0.39, 0.29) is 17.6 Å². The average Bonchev–Trinajstić information content (AvgIpc) is 2.37. The molecule has 112 valence electrons. The van der Waals surface area contributed by atoms with E-state index in [9.17, 15) is 4.79 Å². The lowest BCUT2D eigenvalue weighted by atomic mass is 10.1. The standard InChI is InChI=1S/C14H24N4O2/c1-8(2)11-12(15)16-13(17-14(11)19)10-7-18(9(3)4)5-6-20-10/h8-10H,5-7H2,1-4H3,(H3,15,16,17,19). The van der Waals surface area contributed by atoms with E-state index in [1.54, 1.807) is 0 Å². The van der Waals surface area contributed by atoms with Crippen molar-refractivity contribution < 1.29 is 4.74 Å². The maximum atomic E-state index is 12.1. The second-order valence-corrected chi connectivity index (χ2v) is 5.85. The first kappa shape index (κ1) is 15.0. The lowest BCUT2D eigenvalue weighted by Crippen LogP contribution is -2.43. The first-order chi connectivity index (χ1) is 9.40. The summed E-state index contributed by atoms with van der Waals surface area (Å²) in [6.45, 7) is 10.4. The van der Waals surface area contributed by atoms with Crippen molar-refractivity contribution in [3.05, 3.63) is 21.7 Å². The lowest BCUT2D eigenvalue weighted by Gasteiger charge is -2.35. The van der Waals surface area contributed by atoms with Crippen molar-refractivity contribution in [3.63, 3.8) is 0 Å². The van der Waals surface area contributed by atoms with Crippen LogP contribution in [-0.4, -0.2) is 40.6 Å². The topological polar surface area (TPSA) is 84.2 Å². The fraction of sp³-hybridized carbons (Fsp3) is 0.714. The van der Waals surface area contributed by atoms with Crippen LogP contribution in [0.15, 0.2) is 4.79 Å². The van der Waals surface area contributed by atoms with Gasteiger partial charge in [-0.2, -0.15) is 0 Å². The second kappa shape index (κ2) is 5.93. The predicted molar refractivity (Wildman–Crippen MR) is 78.8 cm³/mol. The Bertz CT molecular complexity index is 524. The molecule has 1 fully saturated rings. The van der Waals surface area contributed by atoms with E-state index >= 15 is 0 Å². The zero-order valence-corrected chi connectivity index (χ0v) is 12.6. The van der Waals surface area contributed by atoms with E-state index < -0.39 is 0 Å². The molecule has 1 aromatic heterocycles. The minimum absolute atomic E-state index is 0.0553. The van der Waals surface area contributed by atoms with Crippen molar-refractivity contribution in [3.8, 4) is 0 Å². The molecule has 1 aliphatic rings. The Kier molecular flexibility index (Phi) is 4.45. The van der Waals surface area contributed by atoms with Gasteiger partial charge in [0.25, 0.3) is 5.56 Å². The third-order valence-electron chi connectivity index (χ3n) is 3.71. The summed E-state index contributed by atoms with van der Waals surface area (Å²) >= 11 is 0. The number of hydrogen-bond donors (Lipinski definition) is 2. The maximum Gasteiger partial charge on any atom is 0.256 e. The molecule has 1 aromatic rings. The van der Waals surface area contributed by atoms with Crippen molar-refractivity contribution in [2.45, 2.75) is 45.8 Å². The number of aromatic nitrogens is 2. The van der Waals surface area contributed by atoms with Gasteiger partial charge in [0.05, 0.1) is 12.2 Å². The summed E-state index contributed by atoms with van der Waals surface area (Å²) in [7, 11) is 0. The molecule has 20 heavy (non-hydrogen) atoms. The Morgan fingerprint density at radius 3 is 2.65 bits per heavy atom. The first-order valence-corrected chi connectivity index (χ1v) is 7.15. The van der Waals surface area contributed by atoms with E-state index in [0.717, 1.165) is 13.1 Å². The third-order valence-corrected chi connectivity index (χ3v) is 3.71. The van der Waals surface area contributed by atoms with Crippen LogP contribution in [0.3, 0.4) is 0 Å². The van der Waals surface area contributed by atoms with E-state index in [2.05, 4.69) is 28.7 Å². The Morgan fingerprint density at radius 2 is 2.10 bits per heavy atom. The number of morpholine rings is 1. The molecule has 2 heterocycles. The predicted octanol–water partition coefficient (Wildman–Crippen LogP) is 1.26. The molecule has 1 unspecified atom stereocenters. The smallest absolute Gasteiger partial charge is 0.256 e. The summed E-state index contributed by atoms with van der Waals surface area (Å²) in [5, 5.41) is 0. The normalized spacial score (nSPS) is 20.8. The highest BCUT2D eigenvalue weighted by molar-refractivity contribution is 5.40. The molecule has 0 amide bonds. The van der Waals surface area contributed by atoms with Gasteiger partial charge < -0.3 is 15.5 Å². The Balaban J connectivity index is 2.27. The summed E-state index contributed by atoms with van der Waals surface area (Å²) in [5.74, 6) is 0.894. The summed E-state index contributed by atoms with van der Waals surface area (Å²) in [6, 6.07) is 0.445. The summed E-state index contributed by atoms with van der Waals surface area (Å²) in [6.07, 6.45) is -0.220. The van der Waals surface area contributed by atoms with Crippen LogP contribution in [0.5, 0.6) is 0 Å². The molecular weight excluding hydrogens is 256 g/mol. The minimum Gasteiger partial charge on any atom is -0.383 e. The van der Waals surface area contributed by atoms with Crippen molar-refractivity contribution in [2.75, 3.05) is 25.4 Å². The van der Waals surface area contributed by atoms with Crippen LogP contribution in [0.4, 0.5) is 5.82 Å². The second-order valence-electron chi connectivity index (χ2n) is 5.85. The fourth-order valence-corrected chi connectivity index (χ4v) is 2.53. The Morgan fingerprint density at radius 1 is 1.40 bits per heavy atom. The number of hydrogen-bond acceptors (Lipinski definition) is 5. The number of H-pyrrole nitrogens is 1. The highest BCUT2D eigenvalue weighted by atomic mass is 16.5. The van der Waals surface area contributed by atoms with Gasteiger partial charge in [-0.1, -0.05) is 13.8 Å². The van der Waals surface area contributed by atoms with Gasteiger partial charge >= 0.3 is 0 Å². The van der Waals surface area contributed by atoms with Gasteiger partial charge in [0, 0.05) is 19.1 Å². The molecule has 3 N–H and O–H groups in total. The monoisotopic (exact) mass is 280 g/mol. The minimum atomic E-state index is -0.220.